The van der Waals surface area contributed by atoms with Crippen molar-refractivity contribution in [3.8, 4) is 0 Å². The fourth-order valence-electron chi connectivity index (χ4n) is 2.83. The lowest BCUT2D eigenvalue weighted by Crippen LogP contribution is -2.07. The molecule has 0 aromatic heterocycles. The van der Waals surface area contributed by atoms with Gasteiger partial charge in [-0.25, -0.2) is 0 Å². The Morgan fingerprint density at radius 3 is 2.35 bits per heavy atom. The van der Waals surface area contributed by atoms with Gasteiger partial charge in [0.15, 0.2) is 5.78 Å². The molecule has 0 saturated carbocycles. The summed E-state index contributed by atoms with van der Waals surface area (Å²) in [4.78, 5) is 12.6. The van der Waals surface area contributed by atoms with Gasteiger partial charge < -0.3 is 0 Å². The van der Waals surface area contributed by atoms with Crippen molar-refractivity contribution >= 4 is 21.7 Å². The Morgan fingerprint density at radius 1 is 0.950 bits per heavy atom. The van der Waals surface area contributed by atoms with Crippen molar-refractivity contribution < 1.29 is 4.79 Å². The highest BCUT2D eigenvalue weighted by Crippen LogP contribution is 2.24. The fourth-order valence-corrected chi connectivity index (χ4v) is 3.07. The van der Waals surface area contributed by atoms with E-state index in [2.05, 4.69) is 28.1 Å². The first-order valence-electron chi connectivity index (χ1n) is 7.08. The zero-order valence-electron chi connectivity index (χ0n) is 11.6. The molecule has 0 fully saturated rings. The van der Waals surface area contributed by atoms with Crippen molar-refractivity contribution in [3.05, 3.63) is 68.7 Å². The van der Waals surface area contributed by atoms with Crippen LogP contribution in [0.5, 0.6) is 0 Å². The predicted molar refractivity (Wildman–Crippen MR) is 85.4 cm³/mol. The minimum absolute atomic E-state index is 0.119. The average molecular weight is 329 g/mol. The second-order valence-corrected chi connectivity index (χ2v) is 6.34. The molecule has 1 nitrogen and oxygen atoms in total. The van der Waals surface area contributed by atoms with Crippen LogP contribution in [-0.4, -0.2) is 5.78 Å². The Hall–Kier alpha value is -1.41. The molecule has 0 radical (unpaired) electrons. The first-order valence-corrected chi connectivity index (χ1v) is 7.87. The van der Waals surface area contributed by atoms with Gasteiger partial charge in [0.2, 0.25) is 0 Å². The van der Waals surface area contributed by atoms with E-state index in [1.807, 2.05) is 31.2 Å². The van der Waals surface area contributed by atoms with E-state index in [-0.39, 0.29) is 5.78 Å². The molecule has 20 heavy (non-hydrogen) atoms. The van der Waals surface area contributed by atoms with Gasteiger partial charge in [-0.15, -0.1) is 0 Å². The number of hydrogen-bond acceptors (Lipinski definition) is 1. The molecule has 0 spiro atoms. The summed E-state index contributed by atoms with van der Waals surface area (Å²) in [7, 11) is 0. The Labute approximate surface area is 128 Å². The molecular weight excluding hydrogens is 312 g/mol. The highest BCUT2D eigenvalue weighted by molar-refractivity contribution is 9.10. The summed E-state index contributed by atoms with van der Waals surface area (Å²) < 4.78 is 1.04. The van der Waals surface area contributed by atoms with Crippen LogP contribution in [0.4, 0.5) is 0 Å². The molecule has 0 atom stereocenters. The van der Waals surface area contributed by atoms with E-state index in [1.54, 1.807) is 0 Å². The van der Waals surface area contributed by atoms with E-state index in [4.69, 9.17) is 0 Å². The molecule has 0 saturated heterocycles. The normalized spacial score (nSPS) is 13.9. The molecule has 0 heterocycles. The van der Waals surface area contributed by atoms with Crippen LogP contribution in [-0.2, 0) is 12.8 Å². The largest absolute Gasteiger partial charge is 0.289 e. The Balaban J connectivity index is 1.95. The predicted octanol–water partition coefficient (Wildman–Crippen LogP) is 4.87. The van der Waals surface area contributed by atoms with E-state index in [0.717, 1.165) is 34.0 Å². The average Bonchev–Trinajstić information content (AvgIpc) is 2.49. The molecule has 0 unspecified atom stereocenters. The lowest BCUT2D eigenvalue weighted by Gasteiger charge is -2.16. The van der Waals surface area contributed by atoms with E-state index >= 15 is 0 Å². The fraction of sp³-hybridized carbons (Fsp3) is 0.278. The Bertz CT molecular complexity index is 673. The number of carbonyl (C=O) groups is 1. The molecule has 2 aromatic carbocycles. The van der Waals surface area contributed by atoms with Crippen molar-refractivity contribution in [2.24, 2.45) is 0 Å². The van der Waals surface area contributed by atoms with E-state index in [0.29, 0.717) is 0 Å². The monoisotopic (exact) mass is 328 g/mol. The summed E-state index contributed by atoms with van der Waals surface area (Å²) in [5.41, 5.74) is 5.44. The van der Waals surface area contributed by atoms with Crippen LogP contribution >= 0.6 is 15.9 Å². The quantitative estimate of drug-likeness (QED) is 0.719. The van der Waals surface area contributed by atoms with Crippen LogP contribution in [0.1, 0.15) is 45.5 Å². The van der Waals surface area contributed by atoms with E-state index in [9.17, 15) is 4.79 Å². The van der Waals surface area contributed by atoms with Crippen LogP contribution in [0.3, 0.4) is 0 Å². The molecule has 1 aliphatic carbocycles. The number of fused-ring (bicyclic) bond motifs is 1. The summed E-state index contributed by atoms with van der Waals surface area (Å²) in [5.74, 6) is 0.119. The van der Waals surface area contributed by atoms with Gasteiger partial charge in [0.25, 0.3) is 0 Å². The van der Waals surface area contributed by atoms with Gasteiger partial charge in [0, 0.05) is 15.6 Å². The molecule has 0 N–H and O–H groups in total. The highest BCUT2D eigenvalue weighted by Gasteiger charge is 2.14. The summed E-state index contributed by atoms with van der Waals surface area (Å²) in [5, 5.41) is 0. The number of ketones is 1. The minimum atomic E-state index is 0.119. The molecule has 0 aliphatic heterocycles. The summed E-state index contributed by atoms with van der Waals surface area (Å²) in [6.07, 6.45) is 4.77. The number of carbonyl (C=O) groups excluding carboxylic acids is 1. The topological polar surface area (TPSA) is 17.1 Å². The van der Waals surface area contributed by atoms with Gasteiger partial charge in [0.05, 0.1) is 0 Å². The first-order chi connectivity index (χ1) is 9.65. The number of hydrogen-bond donors (Lipinski definition) is 0. The Kier molecular flexibility index (Phi) is 3.75. The molecule has 2 heteroatoms. The maximum absolute atomic E-state index is 12.6. The van der Waals surface area contributed by atoms with Crippen molar-refractivity contribution in [2.75, 3.05) is 0 Å². The molecule has 3 rings (SSSR count). The van der Waals surface area contributed by atoms with E-state index < -0.39 is 0 Å². The van der Waals surface area contributed by atoms with Crippen molar-refractivity contribution in [1.29, 1.82) is 0 Å². The molecule has 0 amide bonds. The zero-order chi connectivity index (χ0) is 14.1. The molecular formula is C18H17BrO. The van der Waals surface area contributed by atoms with Gasteiger partial charge in [-0.1, -0.05) is 28.1 Å². The summed E-state index contributed by atoms with van der Waals surface area (Å²) in [6.45, 7) is 2.01. The molecule has 0 bridgehead atoms. The zero-order valence-corrected chi connectivity index (χ0v) is 13.2. The lowest BCUT2D eigenvalue weighted by molar-refractivity contribution is 0.103. The third-order valence-corrected chi connectivity index (χ3v) is 4.92. The van der Waals surface area contributed by atoms with Crippen molar-refractivity contribution in [2.45, 2.75) is 32.6 Å². The van der Waals surface area contributed by atoms with Gasteiger partial charge in [-0.2, -0.15) is 0 Å². The maximum Gasteiger partial charge on any atom is 0.193 e. The lowest BCUT2D eigenvalue weighted by atomic mass is 9.89. The number of halogens is 1. The summed E-state index contributed by atoms with van der Waals surface area (Å²) >= 11 is 3.47. The number of benzene rings is 2. The third-order valence-electron chi connectivity index (χ3n) is 4.03. The van der Waals surface area contributed by atoms with E-state index in [1.165, 1.54) is 24.0 Å². The van der Waals surface area contributed by atoms with Gasteiger partial charge in [-0.3, -0.25) is 4.79 Å². The molecule has 2 aromatic rings. The van der Waals surface area contributed by atoms with Crippen LogP contribution in [0.25, 0.3) is 0 Å². The van der Waals surface area contributed by atoms with Gasteiger partial charge in [-0.05, 0) is 73.6 Å². The first kappa shape index (κ1) is 13.6. The van der Waals surface area contributed by atoms with Crippen LogP contribution in [0.2, 0.25) is 0 Å². The second-order valence-electron chi connectivity index (χ2n) is 5.48. The maximum atomic E-state index is 12.6. The number of rotatable bonds is 2. The highest BCUT2D eigenvalue weighted by atomic mass is 79.9. The van der Waals surface area contributed by atoms with Crippen molar-refractivity contribution in [3.63, 3.8) is 0 Å². The second kappa shape index (κ2) is 5.53. The van der Waals surface area contributed by atoms with Crippen molar-refractivity contribution in [1.82, 2.24) is 0 Å². The van der Waals surface area contributed by atoms with Crippen LogP contribution in [0.15, 0.2) is 40.9 Å². The smallest absolute Gasteiger partial charge is 0.193 e. The van der Waals surface area contributed by atoms with Crippen LogP contribution in [0, 0.1) is 6.92 Å². The summed E-state index contributed by atoms with van der Waals surface area (Å²) in [6, 6.07) is 12.0. The van der Waals surface area contributed by atoms with Gasteiger partial charge in [0.1, 0.15) is 0 Å². The SMILES string of the molecule is Cc1cc(C(=O)c2ccc3c(c2)CCCC3)ccc1Br. The third kappa shape index (κ3) is 2.57. The number of aryl methyl sites for hydroxylation is 3. The minimum Gasteiger partial charge on any atom is -0.289 e. The molecule has 1 aliphatic rings. The van der Waals surface area contributed by atoms with Gasteiger partial charge >= 0.3 is 0 Å². The van der Waals surface area contributed by atoms with Crippen LogP contribution < -0.4 is 0 Å². The Morgan fingerprint density at radius 2 is 1.60 bits per heavy atom. The molecule has 102 valence electrons. The standard InChI is InChI=1S/C18H17BrO/c1-12-10-15(8-9-17(12)19)18(20)16-7-6-13-4-2-3-5-14(13)11-16/h6-11H,2-5H2,1H3.